The molecular weight excluding hydrogens is 354 g/mol. The van der Waals surface area contributed by atoms with Gasteiger partial charge in [0.05, 0.1) is 13.2 Å². The van der Waals surface area contributed by atoms with E-state index < -0.39 is 23.8 Å². The Labute approximate surface area is 154 Å². The lowest BCUT2D eigenvalue weighted by atomic mass is 10.2. The minimum absolute atomic E-state index is 0.0561. The number of nitrogens with zero attached hydrogens (tertiary/aromatic N) is 2. The Morgan fingerprint density at radius 1 is 0.741 bits per heavy atom. The van der Waals surface area contributed by atoms with Crippen LogP contribution in [-0.2, 0) is 9.47 Å². The van der Waals surface area contributed by atoms with Crippen LogP contribution in [0.3, 0.4) is 0 Å². The van der Waals surface area contributed by atoms with Crippen molar-refractivity contribution in [1.82, 2.24) is 15.3 Å². The number of nitrogens with one attached hydrogen (secondary N) is 1. The Morgan fingerprint density at radius 3 is 1.48 bits per heavy atom. The lowest BCUT2D eigenvalue weighted by molar-refractivity contribution is 0.0510. The number of carbonyl (C=O) groups is 4. The fraction of sp³-hybridized carbons (Fsp3) is 0.222. The highest BCUT2D eigenvalue weighted by molar-refractivity contribution is 6.09. The SMILES string of the molecule is CCOC(=O)c1cccc(C(=O)NC(=O)c2cccc(C(=O)OCC)n2)n1. The molecule has 0 aliphatic rings. The van der Waals surface area contributed by atoms with Gasteiger partial charge >= 0.3 is 11.9 Å². The van der Waals surface area contributed by atoms with E-state index >= 15 is 0 Å². The Kier molecular flexibility index (Phi) is 6.70. The maximum atomic E-state index is 12.2. The van der Waals surface area contributed by atoms with Gasteiger partial charge in [0.25, 0.3) is 11.8 Å². The average Bonchev–Trinajstić information content (AvgIpc) is 2.68. The highest BCUT2D eigenvalue weighted by Gasteiger charge is 2.18. The van der Waals surface area contributed by atoms with Crippen LogP contribution >= 0.6 is 0 Å². The number of carbonyl (C=O) groups excluding carboxylic acids is 4. The largest absolute Gasteiger partial charge is 0.461 e. The first kappa shape index (κ1) is 19.7. The van der Waals surface area contributed by atoms with E-state index in [0.717, 1.165) is 0 Å². The molecule has 0 aromatic carbocycles. The van der Waals surface area contributed by atoms with Gasteiger partial charge < -0.3 is 9.47 Å². The molecule has 0 spiro atoms. The van der Waals surface area contributed by atoms with E-state index in [0.29, 0.717) is 0 Å². The normalized spacial score (nSPS) is 10.0. The number of rotatable bonds is 6. The van der Waals surface area contributed by atoms with Crippen LogP contribution in [0, 0.1) is 0 Å². The van der Waals surface area contributed by atoms with Crippen molar-refractivity contribution in [3.05, 3.63) is 59.2 Å². The first-order valence-corrected chi connectivity index (χ1v) is 8.10. The van der Waals surface area contributed by atoms with E-state index in [1.54, 1.807) is 13.8 Å². The average molecular weight is 371 g/mol. The predicted octanol–water partition coefficient (Wildman–Crippen LogP) is 1.40. The second kappa shape index (κ2) is 9.18. The van der Waals surface area contributed by atoms with Crippen LogP contribution in [-0.4, -0.2) is 46.9 Å². The van der Waals surface area contributed by atoms with Gasteiger partial charge in [-0.05, 0) is 38.1 Å². The Balaban J connectivity index is 2.13. The molecule has 0 aliphatic carbocycles. The highest BCUT2D eigenvalue weighted by Crippen LogP contribution is 2.05. The molecule has 0 atom stereocenters. The molecule has 2 heterocycles. The molecule has 2 rings (SSSR count). The van der Waals surface area contributed by atoms with Gasteiger partial charge in [0.15, 0.2) is 0 Å². The Morgan fingerprint density at radius 2 is 1.11 bits per heavy atom. The number of hydrogen-bond donors (Lipinski definition) is 1. The van der Waals surface area contributed by atoms with Gasteiger partial charge in [-0.1, -0.05) is 12.1 Å². The molecule has 140 valence electrons. The van der Waals surface area contributed by atoms with Gasteiger partial charge in [-0.25, -0.2) is 19.6 Å². The van der Waals surface area contributed by atoms with Crippen LogP contribution in [0.1, 0.15) is 55.8 Å². The zero-order valence-corrected chi connectivity index (χ0v) is 14.7. The highest BCUT2D eigenvalue weighted by atomic mass is 16.5. The zero-order valence-electron chi connectivity index (χ0n) is 14.7. The third-order valence-corrected chi connectivity index (χ3v) is 3.16. The van der Waals surface area contributed by atoms with Crippen LogP contribution in [0.25, 0.3) is 0 Å². The summed E-state index contributed by atoms with van der Waals surface area (Å²) in [7, 11) is 0. The number of imide groups is 1. The summed E-state index contributed by atoms with van der Waals surface area (Å²) in [6, 6.07) is 8.35. The molecule has 0 saturated heterocycles. The maximum absolute atomic E-state index is 12.2. The fourth-order valence-corrected chi connectivity index (χ4v) is 1.99. The van der Waals surface area contributed by atoms with Crippen molar-refractivity contribution < 1.29 is 28.7 Å². The minimum atomic E-state index is -0.825. The molecule has 0 unspecified atom stereocenters. The number of pyridine rings is 2. The van der Waals surface area contributed by atoms with E-state index in [9.17, 15) is 19.2 Å². The summed E-state index contributed by atoms with van der Waals surface area (Å²) in [5.74, 6) is -3.01. The van der Waals surface area contributed by atoms with Crippen molar-refractivity contribution in [3.63, 3.8) is 0 Å². The number of hydrogen-bond acceptors (Lipinski definition) is 8. The van der Waals surface area contributed by atoms with Crippen molar-refractivity contribution in [1.29, 1.82) is 0 Å². The molecule has 0 radical (unpaired) electrons. The quantitative estimate of drug-likeness (QED) is 0.597. The smallest absolute Gasteiger partial charge is 0.356 e. The van der Waals surface area contributed by atoms with Crippen LogP contribution in [0.15, 0.2) is 36.4 Å². The molecule has 0 aliphatic heterocycles. The Bertz CT molecular complexity index is 809. The lowest BCUT2D eigenvalue weighted by Crippen LogP contribution is -2.32. The van der Waals surface area contributed by atoms with E-state index in [2.05, 4.69) is 15.3 Å². The minimum Gasteiger partial charge on any atom is -0.461 e. The summed E-state index contributed by atoms with van der Waals surface area (Å²) in [6.07, 6.45) is 0. The second-order valence-corrected chi connectivity index (χ2v) is 5.04. The van der Waals surface area contributed by atoms with Crippen molar-refractivity contribution in [3.8, 4) is 0 Å². The van der Waals surface area contributed by atoms with Gasteiger partial charge in [-0.2, -0.15) is 0 Å². The molecular formula is C18H17N3O6. The molecule has 2 amide bonds. The summed E-state index contributed by atoms with van der Waals surface area (Å²) >= 11 is 0. The zero-order chi connectivity index (χ0) is 19.8. The molecule has 9 nitrogen and oxygen atoms in total. The van der Waals surface area contributed by atoms with Crippen LogP contribution in [0.4, 0.5) is 0 Å². The van der Waals surface area contributed by atoms with Gasteiger partial charge in [0.1, 0.15) is 22.8 Å². The van der Waals surface area contributed by atoms with Crippen LogP contribution in [0.2, 0.25) is 0 Å². The topological polar surface area (TPSA) is 125 Å². The van der Waals surface area contributed by atoms with E-state index in [4.69, 9.17) is 9.47 Å². The number of esters is 2. The summed E-state index contributed by atoms with van der Waals surface area (Å²) < 4.78 is 9.63. The van der Waals surface area contributed by atoms with Gasteiger partial charge in [0, 0.05) is 0 Å². The number of ether oxygens (including phenoxy) is 2. The molecule has 27 heavy (non-hydrogen) atoms. The Hall–Kier alpha value is -3.62. The monoisotopic (exact) mass is 371 g/mol. The summed E-state index contributed by atoms with van der Waals surface area (Å²) in [5, 5.41) is 2.10. The molecule has 0 fully saturated rings. The molecule has 1 N–H and O–H groups in total. The molecule has 2 aromatic rings. The van der Waals surface area contributed by atoms with Crippen molar-refractivity contribution >= 4 is 23.8 Å². The molecule has 0 saturated carbocycles. The van der Waals surface area contributed by atoms with Crippen LogP contribution < -0.4 is 5.32 Å². The molecule has 2 aromatic heterocycles. The predicted molar refractivity (Wildman–Crippen MR) is 92.2 cm³/mol. The molecule has 0 bridgehead atoms. The van der Waals surface area contributed by atoms with E-state index in [1.807, 2.05) is 0 Å². The standard InChI is InChI=1S/C18H17N3O6/c1-3-26-17(24)13-9-5-7-11(19-13)15(22)21-16(23)12-8-6-10-14(20-12)18(25)27-4-2/h5-10H,3-4H2,1-2H3,(H,21,22,23). The fourth-order valence-electron chi connectivity index (χ4n) is 1.99. The third kappa shape index (κ3) is 5.18. The first-order valence-electron chi connectivity index (χ1n) is 8.10. The van der Waals surface area contributed by atoms with Gasteiger partial charge in [-0.15, -0.1) is 0 Å². The maximum Gasteiger partial charge on any atom is 0.356 e. The second-order valence-electron chi connectivity index (χ2n) is 5.04. The van der Waals surface area contributed by atoms with Crippen molar-refractivity contribution in [2.45, 2.75) is 13.8 Å². The summed E-state index contributed by atoms with van der Waals surface area (Å²) in [5.41, 5.74) is -0.398. The number of amides is 2. The summed E-state index contributed by atoms with van der Waals surface area (Å²) in [6.45, 7) is 3.62. The van der Waals surface area contributed by atoms with Gasteiger partial charge in [-0.3, -0.25) is 14.9 Å². The number of aromatic nitrogens is 2. The lowest BCUT2D eigenvalue weighted by Gasteiger charge is -2.06. The van der Waals surface area contributed by atoms with Gasteiger partial charge in [0.2, 0.25) is 0 Å². The first-order chi connectivity index (χ1) is 13.0. The third-order valence-electron chi connectivity index (χ3n) is 3.16. The molecule has 9 heteroatoms. The van der Waals surface area contributed by atoms with Crippen molar-refractivity contribution in [2.24, 2.45) is 0 Å². The van der Waals surface area contributed by atoms with Crippen molar-refractivity contribution in [2.75, 3.05) is 13.2 Å². The van der Waals surface area contributed by atoms with E-state index in [-0.39, 0.29) is 36.0 Å². The van der Waals surface area contributed by atoms with Crippen LogP contribution in [0.5, 0.6) is 0 Å². The summed E-state index contributed by atoms with van der Waals surface area (Å²) in [4.78, 5) is 55.5. The van der Waals surface area contributed by atoms with E-state index in [1.165, 1.54) is 36.4 Å².